The summed E-state index contributed by atoms with van der Waals surface area (Å²) in [5.41, 5.74) is 5.89. The van der Waals surface area contributed by atoms with E-state index in [0.717, 1.165) is 24.8 Å². The molecule has 0 bridgehead atoms. The van der Waals surface area contributed by atoms with Crippen LogP contribution >= 0.6 is 0 Å². The monoisotopic (exact) mass is 360 g/mol. The average molecular weight is 360 g/mol. The van der Waals surface area contributed by atoms with Gasteiger partial charge in [0, 0.05) is 19.1 Å². The van der Waals surface area contributed by atoms with Gasteiger partial charge in [-0.3, -0.25) is 9.59 Å². The molecule has 4 N–H and O–H groups in total. The summed E-state index contributed by atoms with van der Waals surface area (Å²) in [5.74, 6) is -0.0892. The molecule has 0 aromatic heterocycles. The minimum Gasteiger partial charge on any atom is -0.484 e. The fourth-order valence-electron chi connectivity index (χ4n) is 2.99. The number of benzene rings is 1. The number of rotatable bonds is 7. The predicted octanol–water partition coefficient (Wildman–Crippen LogP) is 0.503. The Morgan fingerprint density at radius 3 is 2.77 bits per heavy atom. The van der Waals surface area contributed by atoms with Crippen molar-refractivity contribution in [3.63, 3.8) is 0 Å². The third-order valence-electron chi connectivity index (χ3n) is 4.46. The van der Waals surface area contributed by atoms with Crippen molar-refractivity contribution < 1.29 is 19.1 Å². The number of amides is 4. The smallest absolute Gasteiger partial charge is 0.318 e. The van der Waals surface area contributed by atoms with Crippen LogP contribution in [0.2, 0.25) is 0 Å². The number of primary amides is 1. The van der Waals surface area contributed by atoms with E-state index in [0.29, 0.717) is 25.3 Å². The van der Waals surface area contributed by atoms with E-state index in [1.165, 1.54) is 0 Å². The molecule has 1 atom stereocenters. The third kappa shape index (κ3) is 4.87. The van der Waals surface area contributed by atoms with Crippen molar-refractivity contribution in [2.75, 3.05) is 13.2 Å². The summed E-state index contributed by atoms with van der Waals surface area (Å²) in [7, 11) is 0. The lowest BCUT2D eigenvalue weighted by Crippen LogP contribution is -2.49. The third-order valence-corrected chi connectivity index (χ3v) is 4.46. The summed E-state index contributed by atoms with van der Waals surface area (Å²) in [6.07, 6.45) is 3.58. The predicted molar refractivity (Wildman–Crippen MR) is 94.3 cm³/mol. The molecule has 2 fully saturated rings. The molecule has 3 rings (SSSR count). The molecule has 0 radical (unpaired) electrons. The molecule has 1 aliphatic carbocycles. The van der Waals surface area contributed by atoms with Gasteiger partial charge in [0.2, 0.25) is 5.91 Å². The molecule has 1 aromatic carbocycles. The van der Waals surface area contributed by atoms with Crippen LogP contribution in [0.4, 0.5) is 4.79 Å². The zero-order valence-corrected chi connectivity index (χ0v) is 14.6. The number of nitrogens with two attached hydrogens (primary N) is 1. The van der Waals surface area contributed by atoms with Gasteiger partial charge >= 0.3 is 6.03 Å². The molecular weight excluding hydrogens is 336 g/mol. The van der Waals surface area contributed by atoms with Gasteiger partial charge in [-0.05, 0) is 43.4 Å². The molecule has 4 amide bonds. The first-order valence-corrected chi connectivity index (χ1v) is 8.88. The lowest BCUT2D eigenvalue weighted by molar-refractivity contribution is -0.124. The number of urea groups is 1. The number of carbonyl (C=O) groups is 3. The Labute approximate surface area is 152 Å². The Balaban J connectivity index is 1.52. The van der Waals surface area contributed by atoms with Crippen molar-refractivity contribution in [2.24, 2.45) is 5.73 Å². The van der Waals surface area contributed by atoms with E-state index in [2.05, 4.69) is 10.6 Å². The van der Waals surface area contributed by atoms with E-state index in [-0.39, 0.29) is 30.6 Å². The highest BCUT2D eigenvalue weighted by molar-refractivity contribution is 5.88. The minimum absolute atomic E-state index is 0.0537. The van der Waals surface area contributed by atoms with Crippen LogP contribution in [0.15, 0.2) is 24.3 Å². The number of nitrogens with zero attached hydrogens (tertiary/aromatic N) is 1. The maximum absolute atomic E-state index is 12.5. The molecule has 1 saturated heterocycles. The maximum Gasteiger partial charge on any atom is 0.318 e. The molecule has 1 heterocycles. The highest BCUT2D eigenvalue weighted by atomic mass is 16.5. The van der Waals surface area contributed by atoms with Gasteiger partial charge in [0.1, 0.15) is 11.8 Å². The number of hydrogen-bond acceptors (Lipinski definition) is 4. The molecule has 26 heavy (non-hydrogen) atoms. The van der Waals surface area contributed by atoms with E-state index < -0.39 is 5.91 Å². The van der Waals surface area contributed by atoms with Gasteiger partial charge in [0.05, 0.1) is 0 Å². The average Bonchev–Trinajstić information content (AvgIpc) is 3.29. The highest BCUT2D eigenvalue weighted by Gasteiger charge is 2.36. The van der Waals surface area contributed by atoms with Crippen LogP contribution in [0.1, 0.15) is 31.2 Å². The lowest BCUT2D eigenvalue weighted by atomic mass is 10.2. The minimum atomic E-state index is -0.548. The summed E-state index contributed by atoms with van der Waals surface area (Å²) in [6, 6.07) is 6.73. The highest BCUT2D eigenvalue weighted by Crippen LogP contribution is 2.22. The second kappa shape index (κ2) is 8.07. The van der Waals surface area contributed by atoms with Crippen molar-refractivity contribution in [1.82, 2.24) is 15.5 Å². The van der Waals surface area contributed by atoms with Crippen molar-refractivity contribution in [1.29, 1.82) is 0 Å². The number of ether oxygens (including phenoxy) is 1. The molecule has 1 saturated carbocycles. The molecule has 1 aliphatic heterocycles. The van der Waals surface area contributed by atoms with E-state index in [1.54, 1.807) is 23.1 Å². The van der Waals surface area contributed by atoms with Crippen LogP contribution < -0.4 is 21.1 Å². The topological polar surface area (TPSA) is 114 Å². The van der Waals surface area contributed by atoms with Crippen molar-refractivity contribution in [2.45, 2.75) is 44.3 Å². The number of hydrogen-bond donors (Lipinski definition) is 3. The Kier molecular flexibility index (Phi) is 5.60. The molecule has 1 aromatic rings. The van der Waals surface area contributed by atoms with E-state index in [9.17, 15) is 14.4 Å². The fraction of sp³-hybridized carbons (Fsp3) is 0.500. The van der Waals surface area contributed by atoms with Gasteiger partial charge in [-0.1, -0.05) is 12.1 Å². The van der Waals surface area contributed by atoms with Gasteiger partial charge in [0.15, 0.2) is 6.61 Å². The fourth-order valence-corrected chi connectivity index (χ4v) is 2.99. The van der Waals surface area contributed by atoms with Crippen LogP contribution in [0.25, 0.3) is 0 Å². The second-order valence-electron chi connectivity index (χ2n) is 6.70. The number of likely N-dealkylation sites (tertiary alicyclic amines) is 1. The molecule has 8 nitrogen and oxygen atoms in total. The second-order valence-corrected chi connectivity index (χ2v) is 6.70. The number of nitrogens with one attached hydrogen (secondary N) is 2. The molecule has 140 valence electrons. The first kappa shape index (κ1) is 18.0. The summed E-state index contributed by atoms with van der Waals surface area (Å²) in [4.78, 5) is 37.1. The van der Waals surface area contributed by atoms with Crippen LogP contribution in [-0.2, 0) is 16.1 Å². The Morgan fingerprint density at radius 2 is 2.04 bits per heavy atom. The Morgan fingerprint density at radius 1 is 1.23 bits per heavy atom. The number of carbonyl (C=O) groups excluding carboxylic acids is 3. The largest absolute Gasteiger partial charge is 0.484 e. The maximum atomic E-state index is 12.5. The van der Waals surface area contributed by atoms with Crippen LogP contribution in [0.3, 0.4) is 0 Å². The van der Waals surface area contributed by atoms with Crippen molar-refractivity contribution in [3.05, 3.63) is 29.8 Å². The first-order chi connectivity index (χ1) is 12.5. The van der Waals surface area contributed by atoms with Gasteiger partial charge in [-0.2, -0.15) is 0 Å². The van der Waals surface area contributed by atoms with Crippen molar-refractivity contribution >= 4 is 17.8 Å². The van der Waals surface area contributed by atoms with E-state index >= 15 is 0 Å². The standard InChI is InChI=1S/C18H24N4O4/c19-16(23)11-26-14-4-1-3-12(9-14)10-20-18(25)22-8-2-5-15(22)17(24)21-13-6-7-13/h1,3-4,9,13,15H,2,5-8,10-11H2,(H2,19,23)(H,20,25)(H,21,24). The summed E-state index contributed by atoms with van der Waals surface area (Å²) < 4.78 is 5.26. The zero-order chi connectivity index (χ0) is 18.5. The van der Waals surface area contributed by atoms with E-state index in [1.807, 2.05) is 6.07 Å². The van der Waals surface area contributed by atoms with Gasteiger partial charge in [0.25, 0.3) is 5.91 Å². The molecule has 1 unspecified atom stereocenters. The molecule has 8 heteroatoms. The quantitative estimate of drug-likeness (QED) is 0.657. The van der Waals surface area contributed by atoms with Crippen LogP contribution in [0.5, 0.6) is 5.75 Å². The lowest BCUT2D eigenvalue weighted by Gasteiger charge is -2.24. The van der Waals surface area contributed by atoms with Gasteiger partial charge < -0.3 is 26.0 Å². The van der Waals surface area contributed by atoms with Gasteiger partial charge in [-0.25, -0.2) is 4.79 Å². The molecular formula is C18H24N4O4. The van der Waals surface area contributed by atoms with Gasteiger partial charge in [-0.15, -0.1) is 0 Å². The summed E-state index contributed by atoms with van der Waals surface area (Å²) >= 11 is 0. The first-order valence-electron chi connectivity index (χ1n) is 8.88. The zero-order valence-electron chi connectivity index (χ0n) is 14.6. The molecule has 0 spiro atoms. The van der Waals surface area contributed by atoms with Crippen LogP contribution in [0, 0.1) is 0 Å². The Hall–Kier alpha value is -2.77. The van der Waals surface area contributed by atoms with Crippen molar-refractivity contribution in [3.8, 4) is 5.75 Å². The summed E-state index contributed by atoms with van der Waals surface area (Å²) in [5, 5.41) is 5.82. The summed E-state index contributed by atoms with van der Waals surface area (Å²) in [6.45, 7) is 0.692. The van der Waals surface area contributed by atoms with Crippen LogP contribution in [-0.4, -0.2) is 48.0 Å². The Bertz CT molecular complexity index is 690. The van der Waals surface area contributed by atoms with E-state index in [4.69, 9.17) is 10.5 Å². The normalized spacial score (nSPS) is 19.1. The molecule has 2 aliphatic rings. The SMILES string of the molecule is NC(=O)COc1cccc(CNC(=O)N2CCCC2C(=O)NC2CC2)c1.